The van der Waals surface area contributed by atoms with Gasteiger partial charge in [-0.25, -0.2) is 0 Å². The van der Waals surface area contributed by atoms with Crippen LogP contribution in [0.25, 0.3) is 10.9 Å². The van der Waals surface area contributed by atoms with Gasteiger partial charge in [0.25, 0.3) is 12.4 Å². The quantitative estimate of drug-likeness (QED) is 0.416. The molecule has 1 amide bonds. The molecule has 3 aromatic rings. The molecule has 1 unspecified atom stereocenters. The molecule has 2 atom stereocenters. The first-order chi connectivity index (χ1) is 19.6. The first kappa shape index (κ1) is 26.8. The fourth-order valence-corrected chi connectivity index (χ4v) is 6.47. The van der Waals surface area contributed by atoms with Gasteiger partial charge in [-0.1, -0.05) is 30.3 Å². The second-order valence-electron chi connectivity index (χ2n) is 11.7. The van der Waals surface area contributed by atoms with Gasteiger partial charge < -0.3 is 25.0 Å². The highest BCUT2D eigenvalue weighted by Crippen LogP contribution is 2.34. The second kappa shape index (κ2) is 12.0. The Labute approximate surface area is 235 Å². The van der Waals surface area contributed by atoms with E-state index in [1.165, 1.54) is 44.3 Å². The number of nitrogens with zero attached hydrogens (tertiary/aromatic N) is 4. The summed E-state index contributed by atoms with van der Waals surface area (Å²) >= 11 is 0. The first-order valence-corrected chi connectivity index (χ1v) is 14.6. The van der Waals surface area contributed by atoms with Crippen molar-refractivity contribution in [2.24, 2.45) is 11.8 Å². The maximum atomic E-state index is 13.6. The predicted octanol–water partition coefficient (Wildman–Crippen LogP) is 3.77. The number of nitrogens with one attached hydrogen (secondary N) is 1. The number of ether oxygens (including phenoxy) is 1. The van der Waals surface area contributed by atoms with Crippen LogP contribution in [-0.4, -0.2) is 77.0 Å². The molecule has 1 saturated carbocycles. The summed E-state index contributed by atoms with van der Waals surface area (Å²) in [5.74, 6) is 1.28. The van der Waals surface area contributed by atoms with Crippen molar-refractivity contribution in [2.75, 3.05) is 37.6 Å². The number of piperidine rings is 3. The van der Waals surface area contributed by atoms with E-state index in [4.69, 9.17) is 19.7 Å². The van der Waals surface area contributed by atoms with Crippen LogP contribution in [0.3, 0.4) is 0 Å². The highest BCUT2D eigenvalue weighted by molar-refractivity contribution is 6.05. The van der Waals surface area contributed by atoms with Crippen LogP contribution in [-0.2, 0) is 22.7 Å². The molecule has 0 spiro atoms. The van der Waals surface area contributed by atoms with Gasteiger partial charge in [-0.3, -0.25) is 14.3 Å². The van der Waals surface area contributed by atoms with Crippen molar-refractivity contribution in [3.63, 3.8) is 0 Å². The molecule has 0 radical (unpaired) electrons. The summed E-state index contributed by atoms with van der Waals surface area (Å²) < 4.78 is 8.31. The van der Waals surface area contributed by atoms with E-state index in [1.807, 2.05) is 6.07 Å². The number of aromatic nitrogens is 2. The average Bonchev–Trinajstić information content (AvgIpc) is 3.55. The molecule has 40 heavy (non-hydrogen) atoms. The van der Waals surface area contributed by atoms with Crippen LogP contribution >= 0.6 is 0 Å². The zero-order chi connectivity index (χ0) is 27.5. The molecular formula is C31H39N5O4. The van der Waals surface area contributed by atoms with Crippen molar-refractivity contribution >= 4 is 29.0 Å². The SMILES string of the molecule is O=C(N[C@@H]1CN2CCC1CC2)c1nn(CC2CC2)c2ccc(N3CCC(OCc4ccccc4)C3)cc12.O=CO. The van der Waals surface area contributed by atoms with Crippen LogP contribution in [0.5, 0.6) is 0 Å². The summed E-state index contributed by atoms with van der Waals surface area (Å²) in [7, 11) is 0. The molecule has 1 aromatic heterocycles. The molecule has 4 aliphatic heterocycles. The van der Waals surface area contributed by atoms with Gasteiger partial charge in [0.05, 0.1) is 18.2 Å². The molecule has 2 aromatic carbocycles. The number of hydrogen-bond acceptors (Lipinski definition) is 6. The molecule has 4 saturated heterocycles. The van der Waals surface area contributed by atoms with Crippen LogP contribution in [0.4, 0.5) is 5.69 Å². The lowest BCUT2D eigenvalue weighted by molar-refractivity contribution is -0.122. The predicted molar refractivity (Wildman–Crippen MR) is 153 cm³/mol. The largest absolute Gasteiger partial charge is 0.483 e. The molecule has 8 rings (SSSR count). The summed E-state index contributed by atoms with van der Waals surface area (Å²) in [5.41, 5.74) is 4.03. The van der Waals surface area contributed by atoms with E-state index in [0.29, 0.717) is 24.1 Å². The molecular weight excluding hydrogens is 506 g/mol. The van der Waals surface area contributed by atoms with E-state index in [9.17, 15) is 4.79 Å². The number of carboxylic acid groups (broad SMARTS) is 1. The zero-order valence-corrected chi connectivity index (χ0v) is 23.0. The Morgan fingerprint density at radius 3 is 2.50 bits per heavy atom. The highest BCUT2D eigenvalue weighted by Gasteiger charge is 2.36. The van der Waals surface area contributed by atoms with Crippen LogP contribution in [0.2, 0.25) is 0 Å². The fourth-order valence-electron chi connectivity index (χ4n) is 6.47. The standard InChI is InChI=1S/C30H37N5O2.CH2O2/c36-30(31-27-19-33-13-10-23(27)11-14-33)29-26-16-24(8-9-28(26)35(32-29)17-21-6-7-21)34-15-12-25(18-34)37-20-22-4-2-1-3-5-22;2-1-3/h1-5,8-9,16,21,23,25,27H,6-7,10-15,17-20H2,(H,31,36);1H,(H,2,3)/t25?,27-;/m1./s1. The lowest BCUT2D eigenvalue weighted by Crippen LogP contribution is -2.57. The van der Waals surface area contributed by atoms with Gasteiger partial charge in [-0.15, -0.1) is 0 Å². The van der Waals surface area contributed by atoms with E-state index in [-0.39, 0.29) is 24.5 Å². The number of anilines is 1. The van der Waals surface area contributed by atoms with Crippen LogP contribution in [0, 0.1) is 11.8 Å². The third-order valence-corrected chi connectivity index (χ3v) is 8.89. The van der Waals surface area contributed by atoms with Crippen LogP contribution in [0.1, 0.15) is 48.2 Å². The Morgan fingerprint density at radius 1 is 1.02 bits per heavy atom. The number of fused-ring (bicyclic) bond motifs is 4. The van der Waals surface area contributed by atoms with Crippen molar-refractivity contribution in [3.8, 4) is 0 Å². The molecule has 5 aliphatic rings. The lowest BCUT2D eigenvalue weighted by Gasteiger charge is -2.44. The zero-order valence-electron chi connectivity index (χ0n) is 23.0. The molecule has 9 heteroatoms. The van der Waals surface area contributed by atoms with Gasteiger partial charge in [0.1, 0.15) is 0 Å². The number of benzene rings is 2. The second-order valence-corrected chi connectivity index (χ2v) is 11.7. The number of carbonyl (C=O) groups excluding carboxylic acids is 1. The third kappa shape index (κ3) is 6.00. The summed E-state index contributed by atoms with van der Waals surface area (Å²) in [5, 5.41) is 16.1. The first-order valence-electron chi connectivity index (χ1n) is 14.6. The van der Waals surface area contributed by atoms with Gasteiger partial charge in [0.2, 0.25) is 0 Å². The van der Waals surface area contributed by atoms with E-state index in [2.05, 4.69) is 62.3 Å². The summed E-state index contributed by atoms with van der Waals surface area (Å²) in [6, 6.07) is 17.2. The van der Waals surface area contributed by atoms with E-state index in [1.54, 1.807) is 0 Å². The lowest BCUT2D eigenvalue weighted by atomic mass is 9.84. The Bertz CT molecular complexity index is 1320. The van der Waals surface area contributed by atoms with Gasteiger partial charge in [-0.05, 0) is 80.8 Å². The maximum Gasteiger partial charge on any atom is 0.290 e. The smallest absolute Gasteiger partial charge is 0.290 e. The summed E-state index contributed by atoms with van der Waals surface area (Å²) in [6.07, 6.45) is 6.13. The molecule has 5 fully saturated rings. The van der Waals surface area contributed by atoms with Crippen molar-refractivity contribution < 1.29 is 19.4 Å². The number of rotatable bonds is 8. The molecule has 212 valence electrons. The minimum Gasteiger partial charge on any atom is -0.483 e. The van der Waals surface area contributed by atoms with E-state index < -0.39 is 0 Å². The van der Waals surface area contributed by atoms with Gasteiger partial charge in [0.15, 0.2) is 5.69 Å². The highest BCUT2D eigenvalue weighted by atomic mass is 16.5. The molecule has 1 aliphatic carbocycles. The molecule has 9 nitrogen and oxygen atoms in total. The van der Waals surface area contributed by atoms with Gasteiger partial charge in [-0.2, -0.15) is 5.10 Å². The van der Waals surface area contributed by atoms with E-state index in [0.717, 1.165) is 49.2 Å². The molecule has 2 N–H and O–H groups in total. The maximum absolute atomic E-state index is 13.6. The van der Waals surface area contributed by atoms with Crippen molar-refractivity contribution in [2.45, 2.75) is 57.4 Å². The van der Waals surface area contributed by atoms with Crippen molar-refractivity contribution in [3.05, 3.63) is 59.8 Å². The number of hydrogen-bond donors (Lipinski definition) is 2. The van der Waals surface area contributed by atoms with Crippen molar-refractivity contribution in [1.29, 1.82) is 0 Å². The van der Waals surface area contributed by atoms with Crippen LogP contribution < -0.4 is 10.2 Å². The topological polar surface area (TPSA) is 99.9 Å². The monoisotopic (exact) mass is 545 g/mol. The summed E-state index contributed by atoms with van der Waals surface area (Å²) in [4.78, 5) is 26.8. The number of amides is 1. The summed E-state index contributed by atoms with van der Waals surface area (Å²) in [6.45, 7) is 6.45. The Morgan fingerprint density at radius 2 is 1.80 bits per heavy atom. The molecule has 5 heterocycles. The minimum absolute atomic E-state index is 0.0130. The van der Waals surface area contributed by atoms with Crippen LogP contribution in [0.15, 0.2) is 48.5 Å². The Hall–Kier alpha value is -3.43. The number of carbonyl (C=O) groups is 2. The fraction of sp³-hybridized carbons (Fsp3) is 0.516. The third-order valence-electron chi connectivity index (χ3n) is 8.89. The molecule has 2 bridgehead atoms. The van der Waals surface area contributed by atoms with Gasteiger partial charge in [0, 0.05) is 43.3 Å². The Balaban J connectivity index is 0.000000925. The normalized spacial score (nSPS) is 25.4. The van der Waals surface area contributed by atoms with Crippen molar-refractivity contribution in [1.82, 2.24) is 20.0 Å². The van der Waals surface area contributed by atoms with Gasteiger partial charge >= 0.3 is 0 Å². The van der Waals surface area contributed by atoms with E-state index >= 15 is 0 Å². The Kier molecular flexibility index (Phi) is 8.02. The minimum atomic E-state index is -0.250. The average molecular weight is 546 g/mol.